The van der Waals surface area contributed by atoms with Crippen molar-refractivity contribution in [3.63, 3.8) is 0 Å². The van der Waals surface area contributed by atoms with Crippen molar-refractivity contribution in [1.82, 2.24) is 5.32 Å². The highest BCUT2D eigenvalue weighted by Gasteiger charge is 2.16. The van der Waals surface area contributed by atoms with Gasteiger partial charge >= 0.3 is 0 Å². The van der Waals surface area contributed by atoms with E-state index in [-0.39, 0.29) is 0 Å². The molecule has 1 saturated heterocycles. The van der Waals surface area contributed by atoms with Gasteiger partial charge in [0.05, 0.1) is 6.10 Å². The molecular weight excluding hydrogens is 186 g/mol. The molecule has 1 aliphatic rings. The Morgan fingerprint density at radius 1 is 1.33 bits per heavy atom. The second-order valence-corrected chi connectivity index (χ2v) is 5.18. The van der Waals surface area contributed by atoms with Gasteiger partial charge in [-0.15, -0.1) is 0 Å². The molecule has 0 spiro atoms. The van der Waals surface area contributed by atoms with Crippen molar-refractivity contribution >= 4 is 0 Å². The van der Waals surface area contributed by atoms with Gasteiger partial charge in [0, 0.05) is 12.6 Å². The van der Waals surface area contributed by atoms with Crippen LogP contribution in [0.15, 0.2) is 0 Å². The van der Waals surface area contributed by atoms with Crippen LogP contribution in [0.25, 0.3) is 0 Å². The van der Waals surface area contributed by atoms with Crippen LogP contribution in [0.1, 0.15) is 52.4 Å². The van der Waals surface area contributed by atoms with E-state index in [2.05, 4.69) is 26.2 Å². The summed E-state index contributed by atoms with van der Waals surface area (Å²) in [6.45, 7) is 5.57. The number of hydrogen-bond donors (Lipinski definition) is 1. The van der Waals surface area contributed by atoms with Crippen molar-refractivity contribution in [3.8, 4) is 0 Å². The summed E-state index contributed by atoms with van der Waals surface area (Å²) in [5, 5.41) is 3.42. The third kappa shape index (κ3) is 5.53. The van der Waals surface area contributed by atoms with E-state index in [1.165, 1.54) is 38.5 Å². The maximum absolute atomic E-state index is 5.75. The number of rotatable bonds is 6. The Morgan fingerprint density at radius 2 is 2.13 bits per heavy atom. The highest BCUT2D eigenvalue weighted by Crippen LogP contribution is 2.19. The fourth-order valence-corrected chi connectivity index (χ4v) is 2.37. The van der Waals surface area contributed by atoms with E-state index in [1.54, 1.807) is 0 Å². The zero-order valence-electron chi connectivity index (χ0n) is 10.6. The van der Waals surface area contributed by atoms with Crippen LogP contribution in [-0.4, -0.2) is 25.8 Å². The third-order valence-corrected chi connectivity index (χ3v) is 3.28. The molecule has 1 fully saturated rings. The highest BCUT2D eigenvalue weighted by atomic mass is 16.5. The molecule has 1 heterocycles. The predicted octanol–water partition coefficient (Wildman–Crippen LogP) is 2.97. The zero-order chi connectivity index (χ0) is 11.1. The fourth-order valence-electron chi connectivity index (χ4n) is 2.37. The molecule has 0 aliphatic carbocycles. The molecule has 1 N–H and O–H groups in total. The molecule has 2 heteroatoms. The standard InChI is InChI=1S/C13H27NO/c1-11(2)10-12(14-3)7-8-13-6-4-5-9-15-13/h11-14H,4-10H2,1-3H3. The lowest BCUT2D eigenvalue weighted by atomic mass is 9.96. The summed E-state index contributed by atoms with van der Waals surface area (Å²) in [6, 6.07) is 0.676. The van der Waals surface area contributed by atoms with E-state index in [1.807, 2.05) is 0 Å². The molecule has 0 aromatic carbocycles. The molecule has 2 unspecified atom stereocenters. The van der Waals surface area contributed by atoms with Crippen molar-refractivity contribution in [2.24, 2.45) is 5.92 Å². The minimum absolute atomic E-state index is 0.543. The van der Waals surface area contributed by atoms with E-state index in [4.69, 9.17) is 4.74 Å². The summed E-state index contributed by atoms with van der Waals surface area (Å²) >= 11 is 0. The van der Waals surface area contributed by atoms with Crippen molar-refractivity contribution in [3.05, 3.63) is 0 Å². The average Bonchev–Trinajstić information content (AvgIpc) is 2.25. The second kappa shape index (κ2) is 7.24. The van der Waals surface area contributed by atoms with E-state index >= 15 is 0 Å². The molecule has 15 heavy (non-hydrogen) atoms. The number of hydrogen-bond acceptors (Lipinski definition) is 2. The first-order valence-corrected chi connectivity index (χ1v) is 6.51. The summed E-state index contributed by atoms with van der Waals surface area (Å²) in [4.78, 5) is 0. The molecule has 1 aliphatic heterocycles. The minimum Gasteiger partial charge on any atom is -0.378 e. The Balaban J connectivity index is 2.14. The van der Waals surface area contributed by atoms with Gasteiger partial charge in [-0.1, -0.05) is 13.8 Å². The lowest BCUT2D eigenvalue weighted by molar-refractivity contribution is 0.00837. The summed E-state index contributed by atoms with van der Waals surface area (Å²) in [6.07, 6.45) is 8.22. The predicted molar refractivity (Wildman–Crippen MR) is 65.1 cm³/mol. The van der Waals surface area contributed by atoms with Gasteiger partial charge in [0.1, 0.15) is 0 Å². The molecule has 1 rings (SSSR count). The van der Waals surface area contributed by atoms with Gasteiger partial charge in [0.15, 0.2) is 0 Å². The fraction of sp³-hybridized carbons (Fsp3) is 1.00. The summed E-state index contributed by atoms with van der Waals surface area (Å²) < 4.78 is 5.75. The monoisotopic (exact) mass is 213 g/mol. The van der Waals surface area contributed by atoms with Gasteiger partial charge in [0.2, 0.25) is 0 Å². The van der Waals surface area contributed by atoms with Gasteiger partial charge in [-0.05, 0) is 51.5 Å². The Hall–Kier alpha value is -0.0800. The van der Waals surface area contributed by atoms with Crippen molar-refractivity contribution in [1.29, 1.82) is 0 Å². The molecule has 90 valence electrons. The maximum Gasteiger partial charge on any atom is 0.0575 e. The van der Waals surface area contributed by atoms with E-state index < -0.39 is 0 Å². The van der Waals surface area contributed by atoms with Crippen molar-refractivity contribution in [2.45, 2.75) is 64.5 Å². The van der Waals surface area contributed by atoms with Crippen LogP contribution in [0.4, 0.5) is 0 Å². The van der Waals surface area contributed by atoms with E-state index in [0.29, 0.717) is 12.1 Å². The Bertz CT molecular complexity index is 153. The lowest BCUT2D eigenvalue weighted by Crippen LogP contribution is -2.29. The normalized spacial score (nSPS) is 24.4. The molecule has 0 aromatic heterocycles. The van der Waals surface area contributed by atoms with Gasteiger partial charge < -0.3 is 10.1 Å². The summed E-state index contributed by atoms with van der Waals surface area (Å²) in [7, 11) is 2.08. The molecule has 2 nitrogen and oxygen atoms in total. The topological polar surface area (TPSA) is 21.3 Å². The first-order valence-electron chi connectivity index (χ1n) is 6.51. The van der Waals surface area contributed by atoms with Crippen LogP contribution < -0.4 is 5.32 Å². The largest absolute Gasteiger partial charge is 0.378 e. The van der Waals surface area contributed by atoms with Crippen molar-refractivity contribution in [2.75, 3.05) is 13.7 Å². The first kappa shape index (κ1) is 13.0. The van der Waals surface area contributed by atoms with Crippen LogP contribution in [0, 0.1) is 5.92 Å². The quantitative estimate of drug-likeness (QED) is 0.732. The van der Waals surface area contributed by atoms with Crippen molar-refractivity contribution < 1.29 is 4.74 Å². The lowest BCUT2D eigenvalue weighted by Gasteiger charge is -2.25. The summed E-state index contributed by atoms with van der Waals surface area (Å²) in [5.74, 6) is 0.787. The Morgan fingerprint density at radius 3 is 2.67 bits per heavy atom. The van der Waals surface area contributed by atoms with Gasteiger partial charge in [-0.3, -0.25) is 0 Å². The van der Waals surface area contributed by atoms with Gasteiger partial charge in [-0.25, -0.2) is 0 Å². The molecule has 0 radical (unpaired) electrons. The van der Waals surface area contributed by atoms with Crippen LogP contribution >= 0.6 is 0 Å². The Kier molecular flexibility index (Phi) is 6.26. The van der Waals surface area contributed by atoms with Crippen LogP contribution in [0.5, 0.6) is 0 Å². The molecule has 0 aromatic rings. The van der Waals surface area contributed by atoms with E-state index in [9.17, 15) is 0 Å². The smallest absolute Gasteiger partial charge is 0.0575 e. The zero-order valence-corrected chi connectivity index (χ0v) is 10.6. The van der Waals surface area contributed by atoms with Crippen LogP contribution in [0.3, 0.4) is 0 Å². The highest BCUT2D eigenvalue weighted by molar-refractivity contribution is 4.71. The molecular formula is C13H27NO. The van der Waals surface area contributed by atoms with Gasteiger partial charge in [0.25, 0.3) is 0 Å². The molecule has 0 bridgehead atoms. The van der Waals surface area contributed by atoms with Gasteiger partial charge in [-0.2, -0.15) is 0 Å². The van der Waals surface area contributed by atoms with E-state index in [0.717, 1.165) is 12.5 Å². The summed E-state index contributed by atoms with van der Waals surface area (Å²) in [5.41, 5.74) is 0. The number of nitrogens with one attached hydrogen (secondary N) is 1. The maximum atomic E-state index is 5.75. The Labute approximate surface area is 94.8 Å². The van der Waals surface area contributed by atoms with Crippen LogP contribution in [0.2, 0.25) is 0 Å². The first-order chi connectivity index (χ1) is 7.22. The molecule has 2 atom stereocenters. The average molecular weight is 213 g/mol. The number of ether oxygens (including phenoxy) is 1. The third-order valence-electron chi connectivity index (χ3n) is 3.28. The van der Waals surface area contributed by atoms with Crippen LogP contribution in [-0.2, 0) is 4.74 Å². The second-order valence-electron chi connectivity index (χ2n) is 5.18. The SMILES string of the molecule is CNC(CCC1CCCCO1)CC(C)C. The molecule has 0 saturated carbocycles. The minimum atomic E-state index is 0.543. The molecule has 0 amide bonds.